The maximum Gasteiger partial charge on any atom is 0.134 e. The van der Waals surface area contributed by atoms with Gasteiger partial charge in [-0.05, 0) is 73.5 Å². The van der Waals surface area contributed by atoms with Crippen LogP contribution in [0.3, 0.4) is 0 Å². The SMILES string of the molecule is c1ccc(OC(=C2C3CC4CC(C3)CC2C4)c2ccccc2)cc1. The van der Waals surface area contributed by atoms with Crippen molar-refractivity contribution in [3.63, 3.8) is 0 Å². The topological polar surface area (TPSA) is 9.23 Å². The predicted molar refractivity (Wildman–Crippen MR) is 97.5 cm³/mol. The van der Waals surface area contributed by atoms with Gasteiger partial charge >= 0.3 is 0 Å². The fraction of sp³-hybridized carbons (Fsp3) is 0.391. The van der Waals surface area contributed by atoms with E-state index in [1.165, 1.54) is 37.7 Å². The molecule has 4 fully saturated rings. The number of para-hydroxylation sites is 1. The van der Waals surface area contributed by atoms with Gasteiger partial charge in [-0.1, -0.05) is 48.5 Å². The molecule has 4 aliphatic carbocycles. The molecule has 4 bridgehead atoms. The predicted octanol–water partition coefficient (Wildman–Crippen LogP) is 5.93. The lowest BCUT2D eigenvalue weighted by atomic mass is 9.54. The first-order valence-corrected chi connectivity index (χ1v) is 9.39. The minimum atomic E-state index is 0.750. The maximum absolute atomic E-state index is 6.51. The van der Waals surface area contributed by atoms with Crippen molar-refractivity contribution in [3.8, 4) is 5.75 Å². The molecular weight excluding hydrogens is 292 g/mol. The number of hydrogen-bond acceptors (Lipinski definition) is 1. The summed E-state index contributed by atoms with van der Waals surface area (Å²) in [4.78, 5) is 0. The molecule has 1 heteroatoms. The number of benzene rings is 2. The minimum absolute atomic E-state index is 0.750. The Bertz CT molecular complexity index is 714. The lowest BCUT2D eigenvalue weighted by Gasteiger charge is -2.51. The normalized spacial score (nSPS) is 30.4. The highest BCUT2D eigenvalue weighted by molar-refractivity contribution is 5.66. The van der Waals surface area contributed by atoms with Crippen LogP contribution in [0.25, 0.3) is 5.76 Å². The van der Waals surface area contributed by atoms with Crippen LogP contribution in [0.4, 0.5) is 0 Å². The number of rotatable bonds is 3. The molecule has 0 radical (unpaired) electrons. The first kappa shape index (κ1) is 14.3. The van der Waals surface area contributed by atoms with E-state index in [0.29, 0.717) is 0 Å². The summed E-state index contributed by atoms with van der Waals surface area (Å²) in [6.07, 6.45) is 7.03. The van der Waals surface area contributed by atoms with Gasteiger partial charge in [0.05, 0.1) is 0 Å². The van der Waals surface area contributed by atoms with Gasteiger partial charge in [0.1, 0.15) is 11.5 Å². The van der Waals surface area contributed by atoms with E-state index in [1.807, 2.05) is 6.07 Å². The molecule has 0 unspecified atom stereocenters. The van der Waals surface area contributed by atoms with Crippen LogP contribution in [0.2, 0.25) is 0 Å². The second-order valence-corrected chi connectivity index (χ2v) is 7.87. The van der Waals surface area contributed by atoms with E-state index in [9.17, 15) is 0 Å². The van der Waals surface area contributed by atoms with Gasteiger partial charge in [0.2, 0.25) is 0 Å². The Morgan fingerprint density at radius 2 is 1.21 bits per heavy atom. The second kappa shape index (κ2) is 5.81. The zero-order valence-corrected chi connectivity index (χ0v) is 14.0. The number of hydrogen-bond donors (Lipinski definition) is 0. The standard InChI is InChI=1S/C23H24O/c1-3-7-18(8-4-1)23(24-21-9-5-2-6-10-21)22-19-12-16-11-17(14-19)15-20(22)13-16/h1-10,16-17,19-20H,11-15H2. The van der Waals surface area contributed by atoms with Crippen molar-refractivity contribution in [1.82, 2.24) is 0 Å². The molecule has 24 heavy (non-hydrogen) atoms. The molecule has 2 aromatic rings. The van der Waals surface area contributed by atoms with Gasteiger partial charge in [-0.15, -0.1) is 0 Å². The quantitative estimate of drug-likeness (QED) is 0.637. The van der Waals surface area contributed by atoms with Crippen molar-refractivity contribution >= 4 is 5.76 Å². The van der Waals surface area contributed by atoms with Gasteiger partial charge in [0.15, 0.2) is 0 Å². The fourth-order valence-corrected chi connectivity index (χ4v) is 5.54. The van der Waals surface area contributed by atoms with Gasteiger partial charge in [-0.25, -0.2) is 0 Å². The van der Waals surface area contributed by atoms with Crippen molar-refractivity contribution in [2.45, 2.75) is 32.1 Å². The van der Waals surface area contributed by atoms with Crippen molar-refractivity contribution in [2.75, 3.05) is 0 Å². The third kappa shape index (κ3) is 2.47. The fourth-order valence-electron chi connectivity index (χ4n) is 5.54. The Balaban J connectivity index is 1.60. The van der Waals surface area contributed by atoms with E-state index in [4.69, 9.17) is 4.74 Å². The van der Waals surface area contributed by atoms with Crippen molar-refractivity contribution in [1.29, 1.82) is 0 Å². The summed E-state index contributed by atoms with van der Waals surface area (Å²) in [5, 5.41) is 0. The summed E-state index contributed by atoms with van der Waals surface area (Å²) in [6, 6.07) is 21.0. The molecular formula is C23H24O. The smallest absolute Gasteiger partial charge is 0.134 e. The Labute approximate surface area is 144 Å². The second-order valence-electron chi connectivity index (χ2n) is 7.87. The number of allylic oxidation sites excluding steroid dienone is 1. The van der Waals surface area contributed by atoms with E-state index in [2.05, 4.69) is 54.6 Å². The van der Waals surface area contributed by atoms with Gasteiger partial charge in [-0.2, -0.15) is 0 Å². The minimum Gasteiger partial charge on any atom is -0.457 e. The van der Waals surface area contributed by atoms with Crippen LogP contribution < -0.4 is 4.74 Å². The summed E-state index contributed by atoms with van der Waals surface area (Å²) in [7, 11) is 0. The van der Waals surface area contributed by atoms with Crippen LogP contribution in [-0.2, 0) is 0 Å². The third-order valence-corrected chi connectivity index (χ3v) is 6.28. The van der Waals surface area contributed by atoms with Crippen LogP contribution in [0.1, 0.15) is 37.7 Å². The highest BCUT2D eigenvalue weighted by Crippen LogP contribution is 2.57. The van der Waals surface area contributed by atoms with Gasteiger partial charge < -0.3 is 4.74 Å². The highest BCUT2D eigenvalue weighted by Gasteiger charge is 2.46. The van der Waals surface area contributed by atoms with Crippen LogP contribution in [0.15, 0.2) is 66.2 Å². The molecule has 0 amide bonds. The number of ether oxygens (including phenoxy) is 1. The molecule has 6 rings (SSSR count). The first-order valence-electron chi connectivity index (χ1n) is 9.39. The summed E-state index contributed by atoms with van der Waals surface area (Å²) >= 11 is 0. The monoisotopic (exact) mass is 316 g/mol. The van der Waals surface area contributed by atoms with Gasteiger partial charge in [0.25, 0.3) is 0 Å². The molecule has 0 heterocycles. The zero-order chi connectivity index (χ0) is 15.9. The van der Waals surface area contributed by atoms with E-state index >= 15 is 0 Å². The van der Waals surface area contributed by atoms with E-state index in [0.717, 1.165) is 35.2 Å². The highest BCUT2D eigenvalue weighted by atomic mass is 16.5. The average molecular weight is 316 g/mol. The molecule has 0 saturated heterocycles. The summed E-state index contributed by atoms with van der Waals surface area (Å²) in [5.74, 6) is 5.56. The molecule has 4 saturated carbocycles. The molecule has 0 aliphatic heterocycles. The molecule has 0 atom stereocenters. The molecule has 0 N–H and O–H groups in total. The lowest BCUT2D eigenvalue weighted by Crippen LogP contribution is -2.41. The first-order chi connectivity index (χ1) is 11.9. The largest absolute Gasteiger partial charge is 0.457 e. The molecule has 0 aromatic heterocycles. The Morgan fingerprint density at radius 3 is 1.79 bits per heavy atom. The van der Waals surface area contributed by atoms with Crippen LogP contribution in [-0.4, -0.2) is 0 Å². The summed E-state index contributed by atoms with van der Waals surface area (Å²) in [6.45, 7) is 0. The van der Waals surface area contributed by atoms with E-state index < -0.39 is 0 Å². The molecule has 122 valence electrons. The Hall–Kier alpha value is -2.02. The maximum atomic E-state index is 6.51. The van der Waals surface area contributed by atoms with Crippen molar-refractivity contribution in [3.05, 3.63) is 71.8 Å². The van der Waals surface area contributed by atoms with Crippen LogP contribution in [0.5, 0.6) is 5.75 Å². The molecule has 4 aliphatic rings. The Kier molecular flexibility index (Phi) is 3.47. The van der Waals surface area contributed by atoms with Crippen LogP contribution in [0, 0.1) is 23.7 Å². The average Bonchev–Trinajstić information content (AvgIpc) is 2.61. The zero-order valence-electron chi connectivity index (χ0n) is 14.0. The molecule has 1 nitrogen and oxygen atoms in total. The van der Waals surface area contributed by atoms with Gasteiger partial charge in [-0.3, -0.25) is 0 Å². The third-order valence-electron chi connectivity index (χ3n) is 6.28. The van der Waals surface area contributed by atoms with Crippen molar-refractivity contribution < 1.29 is 4.74 Å². The molecule has 2 aromatic carbocycles. The van der Waals surface area contributed by atoms with E-state index in [1.54, 1.807) is 5.57 Å². The van der Waals surface area contributed by atoms with Crippen molar-refractivity contribution in [2.24, 2.45) is 23.7 Å². The molecule has 0 spiro atoms. The van der Waals surface area contributed by atoms with Crippen LogP contribution >= 0.6 is 0 Å². The lowest BCUT2D eigenvalue weighted by molar-refractivity contribution is 0.0686. The summed E-state index contributed by atoms with van der Waals surface area (Å²) in [5.41, 5.74) is 2.86. The van der Waals surface area contributed by atoms with Gasteiger partial charge in [0, 0.05) is 5.56 Å². The van der Waals surface area contributed by atoms with E-state index in [-0.39, 0.29) is 0 Å². The summed E-state index contributed by atoms with van der Waals surface area (Å²) < 4.78 is 6.51. The Morgan fingerprint density at radius 1 is 0.667 bits per heavy atom.